The van der Waals surface area contributed by atoms with Gasteiger partial charge in [-0.05, 0) is 148 Å². The molecule has 250 valence electrons. The van der Waals surface area contributed by atoms with Crippen molar-refractivity contribution in [2.75, 3.05) is 0 Å². The third-order valence-electron chi connectivity index (χ3n) is 10.9. The van der Waals surface area contributed by atoms with Crippen molar-refractivity contribution < 1.29 is 5.11 Å². The van der Waals surface area contributed by atoms with Gasteiger partial charge in [0.1, 0.15) is 5.75 Å². The highest BCUT2D eigenvalue weighted by molar-refractivity contribution is 6.14. The molecule has 53 heavy (non-hydrogen) atoms. The number of fused-ring (bicyclic) bond motifs is 6. The van der Waals surface area contributed by atoms with Crippen LogP contribution in [-0.4, -0.2) is 5.11 Å². The zero-order valence-corrected chi connectivity index (χ0v) is 29.3. The minimum absolute atomic E-state index is 0.250. The van der Waals surface area contributed by atoms with Crippen molar-refractivity contribution in [1.82, 2.24) is 0 Å². The highest BCUT2D eigenvalue weighted by Gasteiger charge is 2.22. The largest absolute Gasteiger partial charge is 0.508 e. The first kappa shape index (κ1) is 31.1. The van der Waals surface area contributed by atoms with Crippen molar-refractivity contribution in [2.24, 2.45) is 0 Å². The molecule has 0 aromatic heterocycles. The van der Waals surface area contributed by atoms with E-state index in [0.717, 1.165) is 40.7 Å². The molecule has 0 heterocycles. The summed E-state index contributed by atoms with van der Waals surface area (Å²) in [5, 5.41) is 18.7. The van der Waals surface area contributed by atoms with Gasteiger partial charge in [-0.3, -0.25) is 0 Å². The van der Waals surface area contributed by atoms with Crippen LogP contribution in [-0.2, 0) is 6.42 Å². The molecular formula is C52H36O. The van der Waals surface area contributed by atoms with E-state index in [1.807, 2.05) is 12.1 Å². The van der Waals surface area contributed by atoms with Gasteiger partial charge in [-0.1, -0.05) is 152 Å². The van der Waals surface area contributed by atoms with Gasteiger partial charge in [-0.15, -0.1) is 0 Å². The maximum atomic E-state index is 11.2. The van der Waals surface area contributed by atoms with Crippen LogP contribution in [0.1, 0.15) is 17.5 Å². The second-order valence-corrected chi connectivity index (χ2v) is 14.1. The average Bonchev–Trinajstić information content (AvgIpc) is 3.23. The van der Waals surface area contributed by atoms with E-state index < -0.39 is 0 Å². The Bertz CT molecular complexity index is 2900. The summed E-state index contributed by atoms with van der Waals surface area (Å²) in [7, 11) is 0. The lowest BCUT2D eigenvalue weighted by molar-refractivity contribution is 0.476. The predicted octanol–water partition coefficient (Wildman–Crippen LogP) is 14.1. The van der Waals surface area contributed by atoms with Crippen LogP contribution in [0.3, 0.4) is 0 Å². The van der Waals surface area contributed by atoms with Crippen LogP contribution < -0.4 is 0 Å². The topological polar surface area (TPSA) is 20.2 Å². The molecule has 0 bridgehead atoms. The summed E-state index contributed by atoms with van der Waals surface area (Å²) < 4.78 is 0. The summed E-state index contributed by atoms with van der Waals surface area (Å²) in [6.45, 7) is 0. The van der Waals surface area contributed by atoms with Gasteiger partial charge in [0.25, 0.3) is 0 Å². The van der Waals surface area contributed by atoms with Crippen molar-refractivity contribution >= 4 is 38.4 Å². The number of benzene rings is 9. The molecule has 0 unspecified atom stereocenters. The number of aromatic hydroxyl groups is 1. The molecular weight excluding hydrogens is 641 g/mol. The van der Waals surface area contributed by atoms with Crippen molar-refractivity contribution in [3.8, 4) is 61.4 Å². The summed E-state index contributed by atoms with van der Waals surface area (Å²) in [6, 6.07) is 62.8. The average molecular weight is 677 g/mol. The van der Waals surface area contributed by atoms with Gasteiger partial charge in [0.2, 0.25) is 0 Å². The van der Waals surface area contributed by atoms with Crippen molar-refractivity contribution in [2.45, 2.75) is 12.8 Å². The van der Waals surface area contributed by atoms with Gasteiger partial charge < -0.3 is 5.11 Å². The van der Waals surface area contributed by atoms with Crippen LogP contribution >= 0.6 is 0 Å². The molecule has 0 amide bonds. The van der Waals surface area contributed by atoms with Gasteiger partial charge in [0.15, 0.2) is 0 Å². The monoisotopic (exact) mass is 676 g/mol. The van der Waals surface area contributed by atoms with E-state index in [0.29, 0.717) is 0 Å². The fourth-order valence-electron chi connectivity index (χ4n) is 8.58. The molecule has 9 aromatic carbocycles. The van der Waals surface area contributed by atoms with E-state index in [4.69, 9.17) is 0 Å². The van der Waals surface area contributed by atoms with E-state index in [9.17, 15) is 5.11 Å². The van der Waals surface area contributed by atoms with Crippen LogP contribution in [0.15, 0.2) is 182 Å². The van der Waals surface area contributed by atoms with E-state index >= 15 is 0 Å². The van der Waals surface area contributed by atoms with E-state index in [-0.39, 0.29) is 5.75 Å². The van der Waals surface area contributed by atoms with Gasteiger partial charge in [0.05, 0.1) is 0 Å². The SMILES string of the molecule is Oc1cc(-c2cccc(-c3c(-c4ccccc4)c4c(c5ccccc35)C=CCC4)c2)cc(-c2cccc(-c3cc4ccccc4c4ccccc34)c2)c1. The number of rotatable bonds is 5. The Morgan fingerprint density at radius 1 is 0.377 bits per heavy atom. The highest BCUT2D eigenvalue weighted by Crippen LogP contribution is 2.46. The molecule has 9 aromatic rings. The second-order valence-electron chi connectivity index (χ2n) is 14.1. The normalized spacial score (nSPS) is 12.4. The number of phenols is 1. The number of hydrogen-bond acceptors (Lipinski definition) is 1. The highest BCUT2D eigenvalue weighted by atomic mass is 16.3. The Balaban J connectivity index is 1.11. The van der Waals surface area contributed by atoms with Crippen molar-refractivity contribution in [3.05, 3.63) is 193 Å². The summed E-state index contributed by atoms with van der Waals surface area (Å²) in [5.41, 5.74) is 14.2. The van der Waals surface area contributed by atoms with Gasteiger partial charge >= 0.3 is 0 Å². The molecule has 0 atom stereocenters. The van der Waals surface area contributed by atoms with Crippen LogP contribution in [0.4, 0.5) is 0 Å². The standard InChI is InChI=1S/C52H36O/c53-42-31-40(35-17-12-19-37(28-35)50-33-38-16-4-5-21-43(38)44-22-6-7-25-47(44)50)30-41(32-42)36-18-13-20-39(29-36)52-49-27-11-9-24-46(49)45-23-8-10-26-48(45)51(52)34-14-2-1-3-15-34/h1-9,11-25,27-33,53H,10,26H2. The first-order chi connectivity index (χ1) is 26.2. The fraction of sp³-hybridized carbons (Fsp3) is 0.0385. The van der Waals surface area contributed by atoms with E-state index in [1.165, 1.54) is 71.3 Å². The zero-order chi connectivity index (χ0) is 35.3. The second kappa shape index (κ2) is 12.8. The Kier molecular flexibility index (Phi) is 7.51. The van der Waals surface area contributed by atoms with Crippen molar-refractivity contribution in [3.63, 3.8) is 0 Å². The fourth-order valence-corrected chi connectivity index (χ4v) is 8.58. The summed E-state index contributed by atoms with van der Waals surface area (Å²) >= 11 is 0. The Morgan fingerprint density at radius 3 is 1.72 bits per heavy atom. The number of hydrogen-bond donors (Lipinski definition) is 1. The lowest BCUT2D eigenvalue weighted by Gasteiger charge is -2.24. The van der Waals surface area contributed by atoms with Gasteiger partial charge in [-0.25, -0.2) is 0 Å². The minimum Gasteiger partial charge on any atom is -0.508 e. The molecule has 10 rings (SSSR count). The predicted molar refractivity (Wildman–Crippen MR) is 225 cm³/mol. The number of allylic oxidation sites excluding steroid dienone is 1. The quantitative estimate of drug-likeness (QED) is 0.180. The van der Waals surface area contributed by atoms with Gasteiger partial charge in [-0.2, -0.15) is 0 Å². The summed E-state index contributed by atoms with van der Waals surface area (Å²) in [6.07, 6.45) is 6.68. The first-order valence-electron chi connectivity index (χ1n) is 18.5. The molecule has 0 spiro atoms. The minimum atomic E-state index is 0.250. The Hall–Kier alpha value is -6.70. The third-order valence-corrected chi connectivity index (χ3v) is 10.9. The molecule has 0 saturated heterocycles. The van der Waals surface area contributed by atoms with Crippen LogP contribution in [0.2, 0.25) is 0 Å². The summed E-state index contributed by atoms with van der Waals surface area (Å²) in [4.78, 5) is 0. The Morgan fingerprint density at radius 2 is 0.943 bits per heavy atom. The molecule has 0 radical (unpaired) electrons. The number of phenolic OH excluding ortho intramolecular Hbond substituents is 1. The van der Waals surface area contributed by atoms with Crippen LogP contribution in [0.5, 0.6) is 5.75 Å². The molecule has 0 fully saturated rings. The van der Waals surface area contributed by atoms with Gasteiger partial charge in [0, 0.05) is 0 Å². The molecule has 0 aliphatic heterocycles. The molecule has 1 nitrogen and oxygen atoms in total. The molecule has 0 saturated carbocycles. The van der Waals surface area contributed by atoms with Crippen LogP contribution in [0.25, 0.3) is 94.0 Å². The zero-order valence-electron chi connectivity index (χ0n) is 29.3. The lowest BCUT2D eigenvalue weighted by Crippen LogP contribution is -2.02. The smallest absolute Gasteiger partial charge is 0.116 e. The van der Waals surface area contributed by atoms with E-state index in [1.54, 1.807) is 0 Å². The maximum Gasteiger partial charge on any atom is 0.116 e. The Labute approximate surface area is 309 Å². The first-order valence-corrected chi connectivity index (χ1v) is 18.5. The summed E-state index contributed by atoms with van der Waals surface area (Å²) in [5.74, 6) is 0.250. The third kappa shape index (κ3) is 5.41. The van der Waals surface area contributed by atoms with Crippen LogP contribution in [0, 0.1) is 0 Å². The molecule has 1 aliphatic rings. The van der Waals surface area contributed by atoms with Crippen molar-refractivity contribution in [1.29, 1.82) is 0 Å². The molecule has 1 heteroatoms. The molecule has 1 aliphatic carbocycles. The maximum absolute atomic E-state index is 11.2. The lowest BCUT2D eigenvalue weighted by atomic mass is 9.79. The van der Waals surface area contributed by atoms with E-state index in [2.05, 4.69) is 176 Å². The molecule has 1 N–H and O–H groups in total.